The molecule has 32 heavy (non-hydrogen) atoms. The van der Waals surface area contributed by atoms with Crippen molar-refractivity contribution in [3.63, 3.8) is 0 Å². The van der Waals surface area contributed by atoms with Gasteiger partial charge in [-0.1, -0.05) is 0 Å². The van der Waals surface area contributed by atoms with E-state index in [0.29, 0.717) is 11.3 Å². The van der Waals surface area contributed by atoms with Gasteiger partial charge in [0.15, 0.2) is 0 Å². The van der Waals surface area contributed by atoms with Crippen LogP contribution in [-0.2, 0) is 10.0 Å². The zero-order valence-electron chi connectivity index (χ0n) is 18.0. The number of benzene rings is 2. The lowest BCUT2D eigenvalue weighted by Crippen LogP contribution is -2.32. The van der Waals surface area contributed by atoms with Crippen molar-refractivity contribution < 1.29 is 13.2 Å². The summed E-state index contributed by atoms with van der Waals surface area (Å²) in [6, 6.07) is 11.8. The maximum absolute atomic E-state index is 13.3. The maximum atomic E-state index is 13.3. The summed E-state index contributed by atoms with van der Waals surface area (Å²) in [5.74, 6) is -0.364. The largest absolute Gasteiger partial charge is 0.371 e. The van der Waals surface area contributed by atoms with Gasteiger partial charge in [-0.2, -0.15) is 0 Å². The van der Waals surface area contributed by atoms with Crippen LogP contribution in [0.25, 0.3) is 5.69 Å². The number of sulfonamides is 1. The second-order valence-electron chi connectivity index (χ2n) is 7.77. The molecule has 3 aromatic rings. The molecule has 1 N–H and O–H groups in total. The molecule has 1 aliphatic heterocycles. The standard InChI is InChI=1S/C21H25N7O3S/c1-26(2)32(30,31)18-10-11-20(27-12-4-3-5-13-27)19(14-18)21(29)23-16-6-8-17(9-7-16)28-15-22-24-25-28/h6-11,14-15H,3-5,12-13H2,1-2H3,(H,23,29). The maximum Gasteiger partial charge on any atom is 0.257 e. The van der Waals surface area contributed by atoms with Crippen molar-refractivity contribution in [1.82, 2.24) is 24.5 Å². The molecule has 11 heteroatoms. The number of nitrogens with zero attached hydrogens (tertiary/aromatic N) is 6. The number of anilines is 2. The minimum atomic E-state index is -3.67. The summed E-state index contributed by atoms with van der Waals surface area (Å²) in [6.45, 7) is 1.67. The minimum Gasteiger partial charge on any atom is -0.371 e. The zero-order valence-corrected chi connectivity index (χ0v) is 18.8. The number of tetrazole rings is 1. The third-order valence-electron chi connectivity index (χ3n) is 5.43. The molecule has 0 spiro atoms. The molecule has 0 aliphatic carbocycles. The van der Waals surface area contributed by atoms with Crippen LogP contribution in [0.3, 0.4) is 0 Å². The molecule has 2 aromatic carbocycles. The summed E-state index contributed by atoms with van der Waals surface area (Å²) < 4.78 is 28.0. The van der Waals surface area contributed by atoms with Crippen LogP contribution in [0.5, 0.6) is 0 Å². The van der Waals surface area contributed by atoms with E-state index in [1.807, 2.05) is 0 Å². The van der Waals surface area contributed by atoms with Crippen LogP contribution in [0.4, 0.5) is 11.4 Å². The van der Waals surface area contributed by atoms with Crippen LogP contribution in [0.1, 0.15) is 29.6 Å². The minimum absolute atomic E-state index is 0.0856. The van der Waals surface area contributed by atoms with Gasteiger partial charge in [-0.3, -0.25) is 4.79 Å². The highest BCUT2D eigenvalue weighted by molar-refractivity contribution is 7.89. The van der Waals surface area contributed by atoms with Crippen LogP contribution >= 0.6 is 0 Å². The van der Waals surface area contributed by atoms with E-state index in [-0.39, 0.29) is 10.8 Å². The lowest BCUT2D eigenvalue weighted by atomic mass is 10.1. The first-order valence-electron chi connectivity index (χ1n) is 10.3. The van der Waals surface area contributed by atoms with Crippen molar-refractivity contribution in [3.8, 4) is 5.69 Å². The Bertz CT molecular complexity index is 1190. The van der Waals surface area contributed by atoms with Gasteiger partial charge in [0.2, 0.25) is 10.0 Å². The molecule has 1 aliphatic rings. The number of hydrogen-bond acceptors (Lipinski definition) is 7. The van der Waals surface area contributed by atoms with E-state index in [9.17, 15) is 13.2 Å². The monoisotopic (exact) mass is 455 g/mol. The molecule has 168 valence electrons. The van der Waals surface area contributed by atoms with Gasteiger partial charge in [-0.15, -0.1) is 5.10 Å². The molecule has 10 nitrogen and oxygen atoms in total. The Balaban J connectivity index is 1.65. The number of carbonyl (C=O) groups excluding carboxylic acids is 1. The average Bonchev–Trinajstić information content (AvgIpc) is 3.34. The first kappa shape index (κ1) is 21.9. The molecule has 0 unspecified atom stereocenters. The molecule has 1 aromatic heterocycles. The summed E-state index contributed by atoms with van der Waals surface area (Å²) in [7, 11) is -0.727. The number of aromatic nitrogens is 4. The van der Waals surface area contributed by atoms with Crippen molar-refractivity contribution in [1.29, 1.82) is 0 Å². The van der Waals surface area contributed by atoms with Crippen LogP contribution < -0.4 is 10.2 Å². The molecule has 0 atom stereocenters. The Morgan fingerprint density at radius 3 is 2.38 bits per heavy atom. The summed E-state index contributed by atoms with van der Waals surface area (Å²) in [4.78, 5) is 15.5. The third-order valence-corrected chi connectivity index (χ3v) is 7.24. The molecule has 1 saturated heterocycles. The highest BCUT2D eigenvalue weighted by Gasteiger charge is 2.24. The average molecular weight is 456 g/mol. The van der Waals surface area contributed by atoms with E-state index in [0.717, 1.165) is 48.0 Å². The molecule has 1 fully saturated rings. The quantitative estimate of drug-likeness (QED) is 0.606. The van der Waals surface area contributed by atoms with Crippen LogP contribution in [0.15, 0.2) is 53.7 Å². The van der Waals surface area contributed by atoms with Gasteiger partial charge in [0.25, 0.3) is 5.91 Å². The fourth-order valence-corrected chi connectivity index (χ4v) is 4.58. The van der Waals surface area contributed by atoms with E-state index >= 15 is 0 Å². The molecule has 1 amide bonds. The van der Waals surface area contributed by atoms with E-state index in [4.69, 9.17) is 0 Å². The Morgan fingerprint density at radius 2 is 1.75 bits per heavy atom. The topological polar surface area (TPSA) is 113 Å². The van der Waals surface area contributed by atoms with Gasteiger partial charge in [-0.05, 0) is 72.2 Å². The highest BCUT2D eigenvalue weighted by atomic mass is 32.2. The van der Waals surface area contributed by atoms with Crippen LogP contribution in [-0.4, -0.2) is 66.0 Å². The smallest absolute Gasteiger partial charge is 0.257 e. The second-order valence-corrected chi connectivity index (χ2v) is 9.92. The summed E-state index contributed by atoms with van der Waals surface area (Å²) >= 11 is 0. The molecular weight excluding hydrogens is 430 g/mol. The fraction of sp³-hybridized carbons (Fsp3) is 0.333. The molecule has 2 heterocycles. The van der Waals surface area contributed by atoms with E-state index in [2.05, 4.69) is 25.7 Å². The first-order valence-corrected chi connectivity index (χ1v) is 11.8. The van der Waals surface area contributed by atoms with E-state index in [1.165, 1.54) is 31.2 Å². The molecule has 0 radical (unpaired) electrons. The van der Waals surface area contributed by atoms with Gasteiger partial charge in [0.1, 0.15) is 6.33 Å². The van der Waals surface area contributed by atoms with Crippen molar-refractivity contribution in [2.24, 2.45) is 0 Å². The lowest BCUT2D eigenvalue weighted by Gasteiger charge is -2.30. The number of piperidine rings is 1. The number of amides is 1. The van der Waals surface area contributed by atoms with Crippen LogP contribution in [0.2, 0.25) is 0 Å². The zero-order chi connectivity index (χ0) is 22.7. The predicted octanol–water partition coefficient (Wildman–Crippen LogP) is 2.16. The number of carbonyl (C=O) groups is 1. The van der Waals surface area contributed by atoms with Gasteiger partial charge < -0.3 is 10.2 Å². The van der Waals surface area contributed by atoms with Crippen molar-refractivity contribution in [2.45, 2.75) is 24.2 Å². The Hall–Kier alpha value is -3.31. The number of rotatable bonds is 6. The summed E-state index contributed by atoms with van der Waals surface area (Å²) in [6.07, 6.45) is 4.71. The third kappa shape index (κ3) is 4.48. The molecular formula is C21H25N7O3S. The molecule has 0 bridgehead atoms. The van der Waals surface area contributed by atoms with Gasteiger partial charge in [-0.25, -0.2) is 17.4 Å². The molecule has 4 rings (SSSR count). The summed E-state index contributed by atoms with van der Waals surface area (Å²) in [5, 5.41) is 13.9. The molecule has 0 saturated carbocycles. The van der Waals surface area contributed by atoms with Crippen molar-refractivity contribution >= 4 is 27.3 Å². The first-order chi connectivity index (χ1) is 15.4. The predicted molar refractivity (Wildman–Crippen MR) is 120 cm³/mol. The SMILES string of the molecule is CN(C)S(=O)(=O)c1ccc(N2CCCCC2)c(C(=O)Nc2ccc(-n3cnnn3)cc2)c1. The second kappa shape index (κ2) is 9.05. The van der Waals surface area contributed by atoms with E-state index in [1.54, 1.807) is 36.4 Å². The lowest BCUT2D eigenvalue weighted by molar-refractivity contribution is 0.102. The van der Waals surface area contributed by atoms with Gasteiger partial charge >= 0.3 is 0 Å². The van der Waals surface area contributed by atoms with Crippen LogP contribution in [0, 0.1) is 0 Å². The number of nitrogens with one attached hydrogen (secondary N) is 1. The van der Waals surface area contributed by atoms with Gasteiger partial charge in [0, 0.05) is 38.6 Å². The Kier molecular flexibility index (Phi) is 6.19. The van der Waals surface area contributed by atoms with Gasteiger partial charge in [0.05, 0.1) is 16.1 Å². The Morgan fingerprint density at radius 1 is 1.03 bits per heavy atom. The fourth-order valence-electron chi connectivity index (χ4n) is 3.65. The highest BCUT2D eigenvalue weighted by Crippen LogP contribution is 2.28. The van der Waals surface area contributed by atoms with Crippen molar-refractivity contribution in [2.75, 3.05) is 37.4 Å². The number of hydrogen-bond donors (Lipinski definition) is 1. The van der Waals surface area contributed by atoms with E-state index < -0.39 is 10.0 Å². The Labute approximate surface area is 186 Å². The van der Waals surface area contributed by atoms with Crippen molar-refractivity contribution in [3.05, 3.63) is 54.4 Å². The summed E-state index contributed by atoms with van der Waals surface area (Å²) in [5.41, 5.74) is 2.41. The normalized spacial score (nSPS) is 14.5.